The lowest BCUT2D eigenvalue weighted by atomic mass is 9.95. The molecule has 1 aromatic carbocycles. The molecule has 1 saturated heterocycles. The van der Waals surface area contributed by atoms with Gasteiger partial charge >= 0.3 is 0 Å². The molecule has 1 saturated carbocycles. The maximum absolute atomic E-state index is 13.4. The van der Waals surface area contributed by atoms with Crippen LogP contribution >= 0.6 is 11.6 Å². The smallest absolute Gasteiger partial charge is 0.244 e. The fourth-order valence-corrected chi connectivity index (χ4v) is 5.70. The van der Waals surface area contributed by atoms with Gasteiger partial charge in [0, 0.05) is 42.5 Å². The van der Waals surface area contributed by atoms with Gasteiger partial charge in [0.25, 0.3) is 0 Å². The fraction of sp³-hybridized carbons (Fsp3) is 0.455. The van der Waals surface area contributed by atoms with E-state index in [-0.39, 0.29) is 28.8 Å². The molecule has 2 heterocycles. The number of hydrogen-bond acceptors (Lipinski definition) is 4. The lowest BCUT2D eigenvalue weighted by Crippen LogP contribution is -2.45. The number of sulfonamides is 1. The fourth-order valence-electron chi connectivity index (χ4n) is 4.14. The van der Waals surface area contributed by atoms with Crippen LogP contribution in [0.4, 0.5) is 0 Å². The van der Waals surface area contributed by atoms with Gasteiger partial charge in [-0.15, -0.1) is 0 Å². The van der Waals surface area contributed by atoms with E-state index in [0.717, 1.165) is 18.4 Å². The Morgan fingerprint density at radius 3 is 2.37 bits per heavy atom. The van der Waals surface area contributed by atoms with Crippen LogP contribution in [0.2, 0.25) is 5.02 Å². The standard InChI is InChI=1S/C22H26ClN3O3S/c1-16(17-4-6-19(23)7-5-17)26(20-8-9-20)22(27)18-10-13-25(14-11-18)30(28,29)21-3-2-12-24-15-21/h2-7,12,15-16,18,20H,8-11,13-14H2,1H3. The summed E-state index contributed by atoms with van der Waals surface area (Å²) in [4.78, 5) is 19.5. The number of carbonyl (C=O) groups excluding carboxylic acids is 1. The Kier molecular flexibility index (Phi) is 6.14. The SMILES string of the molecule is CC(c1ccc(Cl)cc1)N(C(=O)C1CCN(S(=O)(=O)c2cccnc2)CC1)C1CC1. The van der Waals surface area contributed by atoms with Crippen LogP contribution in [0.5, 0.6) is 0 Å². The number of piperidine rings is 1. The number of amides is 1. The van der Waals surface area contributed by atoms with E-state index in [2.05, 4.69) is 11.9 Å². The molecule has 30 heavy (non-hydrogen) atoms. The maximum Gasteiger partial charge on any atom is 0.244 e. The molecule has 8 heteroatoms. The minimum atomic E-state index is -3.57. The minimum absolute atomic E-state index is 0.0283. The van der Waals surface area contributed by atoms with E-state index in [1.807, 2.05) is 29.2 Å². The quantitative estimate of drug-likeness (QED) is 0.673. The number of aromatic nitrogens is 1. The summed E-state index contributed by atoms with van der Waals surface area (Å²) in [5.41, 5.74) is 1.07. The molecule has 2 aliphatic rings. The topological polar surface area (TPSA) is 70.6 Å². The van der Waals surface area contributed by atoms with Crippen molar-refractivity contribution >= 4 is 27.5 Å². The van der Waals surface area contributed by atoms with Gasteiger partial charge in [0.15, 0.2) is 0 Å². The largest absolute Gasteiger partial charge is 0.333 e. The van der Waals surface area contributed by atoms with Crippen LogP contribution in [0.1, 0.15) is 44.2 Å². The van der Waals surface area contributed by atoms with E-state index >= 15 is 0 Å². The van der Waals surface area contributed by atoms with Gasteiger partial charge in [-0.05, 0) is 62.4 Å². The van der Waals surface area contributed by atoms with E-state index in [1.54, 1.807) is 18.3 Å². The molecule has 1 atom stereocenters. The first-order valence-corrected chi connectivity index (χ1v) is 12.2. The summed E-state index contributed by atoms with van der Waals surface area (Å²) in [6, 6.07) is 11.1. The van der Waals surface area contributed by atoms with Crippen molar-refractivity contribution in [3.05, 3.63) is 59.4 Å². The number of rotatable bonds is 6. The molecular formula is C22H26ClN3O3S. The van der Waals surface area contributed by atoms with Crippen molar-refractivity contribution in [2.24, 2.45) is 5.92 Å². The van der Waals surface area contributed by atoms with Crippen molar-refractivity contribution in [2.45, 2.75) is 49.6 Å². The van der Waals surface area contributed by atoms with E-state index in [1.165, 1.54) is 10.5 Å². The highest BCUT2D eigenvalue weighted by atomic mass is 35.5. The molecule has 1 aromatic heterocycles. The molecule has 1 unspecified atom stereocenters. The van der Waals surface area contributed by atoms with Gasteiger partial charge in [-0.2, -0.15) is 4.31 Å². The van der Waals surface area contributed by atoms with Crippen molar-refractivity contribution in [1.29, 1.82) is 0 Å². The van der Waals surface area contributed by atoms with Gasteiger partial charge in [0.05, 0.1) is 6.04 Å². The molecule has 0 N–H and O–H groups in total. The Hall–Kier alpha value is -1.96. The predicted molar refractivity (Wildman–Crippen MR) is 115 cm³/mol. The van der Waals surface area contributed by atoms with E-state index in [9.17, 15) is 13.2 Å². The molecule has 0 radical (unpaired) electrons. The maximum atomic E-state index is 13.4. The monoisotopic (exact) mass is 447 g/mol. The van der Waals surface area contributed by atoms with Crippen LogP contribution in [0.15, 0.2) is 53.7 Å². The van der Waals surface area contributed by atoms with Crippen molar-refractivity contribution in [3.63, 3.8) is 0 Å². The molecule has 1 aliphatic heterocycles. The first-order valence-electron chi connectivity index (χ1n) is 10.4. The van der Waals surface area contributed by atoms with Gasteiger partial charge in [-0.3, -0.25) is 9.78 Å². The molecule has 0 spiro atoms. The molecule has 160 valence electrons. The first-order chi connectivity index (χ1) is 14.4. The molecule has 6 nitrogen and oxygen atoms in total. The predicted octanol–water partition coefficient (Wildman–Crippen LogP) is 3.89. The van der Waals surface area contributed by atoms with Crippen molar-refractivity contribution in [3.8, 4) is 0 Å². The molecule has 2 aromatic rings. The number of halogens is 1. The first kappa shape index (κ1) is 21.3. The molecular weight excluding hydrogens is 422 g/mol. The second kappa shape index (κ2) is 8.65. The minimum Gasteiger partial charge on any atom is -0.333 e. The normalized spacial score (nSPS) is 19.4. The van der Waals surface area contributed by atoms with Crippen LogP contribution < -0.4 is 0 Å². The lowest BCUT2D eigenvalue weighted by molar-refractivity contribution is -0.139. The second-order valence-corrected chi connectivity index (χ2v) is 10.4. The summed E-state index contributed by atoms with van der Waals surface area (Å²) in [6.07, 6.45) is 6.05. The van der Waals surface area contributed by atoms with E-state index in [4.69, 9.17) is 11.6 Å². The summed E-state index contributed by atoms with van der Waals surface area (Å²) in [5, 5.41) is 0.678. The number of nitrogens with zero attached hydrogens (tertiary/aromatic N) is 3. The number of carbonyl (C=O) groups is 1. The average molecular weight is 448 g/mol. The number of hydrogen-bond donors (Lipinski definition) is 0. The third-order valence-electron chi connectivity index (χ3n) is 6.04. The molecule has 0 bridgehead atoms. The summed E-state index contributed by atoms with van der Waals surface area (Å²) in [6.45, 7) is 2.75. The molecule has 4 rings (SSSR count). The van der Waals surface area contributed by atoms with Crippen molar-refractivity contribution < 1.29 is 13.2 Å². The number of benzene rings is 1. The van der Waals surface area contributed by atoms with Crippen molar-refractivity contribution in [1.82, 2.24) is 14.2 Å². The third kappa shape index (κ3) is 4.38. The average Bonchev–Trinajstić information content (AvgIpc) is 3.60. The summed E-state index contributed by atoms with van der Waals surface area (Å²) in [7, 11) is -3.57. The zero-order chi connectivity index (χ0) is 21.3. The summed E-state index contributed by atoms with van der Waals surface area (Å²) in [5.74, 6) is -0.0147. The lowest BCUT2D eigenvalue weighted by Gasteiger charge is -2.36. The van der Waals surface area contributed by atoms with Gasteiger partial charge in [-0.25, -0.2) is 8.42 Å². The van der Waals surface area contributed by atoms with Gasteiger partial charge in [-0.1, -0.05) is 23.7 Å². The summed E-state index contributed by atoms with van der Waals surface area (Å²) >= 11 is 6.01. The van der Waals surface area contributed by atoms with Crippen LogP contribution in [-0.2, 0) is 14.8 Å². The van der Waals surface area contributed by atoms with Crippen LogP contribution in [0.25, 0.3) is 0 Å². The third-order valence-corrected chi connectivity index (χ3v) is 8.17. The Morgan fingerprint density at radius 1 is 1.13 bits per heavy atom. The van der Waals surface area contributed by atoms with Crippen LogP contribution in [0.3, 0.4) is 0 Å². The highest BCUT2D eigenvalue weighted by Crippen LogP contribution is 2.37. The highest BCUT2D eigenvalue weighted by Gasteiger charge is 2.41. The van der Waals surface area contributed by atoms with E-state index in [0.29, 0.717) is 31.0 Å². The second-order valence-electron chi connectivity index (χ2n) is 8.07. The summed E-state index contributed by atoms with van der Waals surface area (Å²) < 4.78 is 27.1. The van der Waals surface area contributed by atoms with Crippen LogP contribution in [-0.4, -0.2) is 47.6 Å². The van der Waals surface area contributed by atoms with Gasteiger partial charge in [0.2, 0.25) is 15.9 Å². The van der Waals surface area contributed by atoms with Gasteiger partial charge < -0.3 is 4.90 Å². The Morgan fingerprint density at radius 2 is 1.80 bits per heavy atom. The van der Waals surface area contributed by atoms with Crippen LogP contribution in [0, 0.1) is 5.92 Å². The molecule has 1 amide bonds. The highest BCUT2D eigenvalue weighted by molar-refractivity contribution is 7.89. The van der Waals surface area contributed by atoms with E-state index < -0.39 is 10.0 Å². The molecule has 2 fully saturated rings. The van der Waals surface area contributed by atoms with Gasteiger partial charge in [0.1, 0.15) is 4.90 Å². The zero-order valence-corrected chi connectivity index (χ0v) is 18.5. The Balaban J connectivity index is 1.44. The van der Waals surface area contributed by atoms with Crippen molar-refractivity contribution in [2.75, 3.05) is 13.1 Å². The Bertz CT molecular complexity index is 986. The molecule has 1 aliphatic carbocycles. The Labute approximate surface area is 182 Å². The zero-order valence-electron chi connectivity index (χ0n) is 16.9. The number of pyridine rings is 1.